The maximum absolute atomic E-state index is 12.2. The predicted molar refractivity (Wildman–Crippen MR) is 79.4 cm³/mol. The van der Waals surface area contributed by atoms with E-state index in [4.69, 9.17) is 9.84 Å². The summed E-state index contributed by atoms with van der Waals surface area (Å²) in [5, 5.41) is 10.0. The number of amides is 2. The first-order valence-corrected chi connectivity index (χ1v) is 7.65. The highest BCUT2D eigenvalue weighted by Crippen LogP contribution is 2.14. The topological polar surface area (TPSA) is 95.9 Å². The number of aliphatic hydroxyl groups is 1. The lowest BCUT2D eigenvalue weighted by Gasteiger charge is -2.23. The molecule has 1 aliphatic rings. The number of hydrogen-bond donors (Lipinski definition) is 2. The number of carbonyl (C=O) groups is 3. The summed E-state index contributed by atoms with van der Waals surface area (Å²) >= 11 is 0. The Labute approximate surface area is 130 Å². The van der Waals surface area contributed by atoms with E-state index in [2.05, 4.69) is 12.3 Å². The molecule has 7 heteroatoms. The zero-order valence-corrected chi connectivity index (χ0v) is 13.0. The number of unbranched alkanes of at least 4 members (excludes halogenated alkanes) is 3. The van der Waals surface area contributed by atoms with E-state index in [1.165, 1.54) is 5.01 Å². The van der Waals surface area contributed by atoms with E-state index in [-0.39, 0.29) is 31.3 Å². The molecule has 1 rings (SSSR count). The number of nitrogens with one attached hydrogen (secondary N) is 1. The number of ether oxygens (including phenoxy) is 1. The minimum absolute atomic E-state index is 0.112. The van der Waals surface area contributed by atoms with E-state index in [1.54, 1.807) is 6.08 Å². The van der Waals surface area contributed by atoms with Crippen molar-refractivity contribution in [3.05, 3.63) is 11.6 Å². The standard InChI is InChI=1S/C15H24N2O5/c1-2-3-4-5-9-17(16-13(19)11-18)14(20)7-6-12-8-10-22-15(12)21/h8,18H,2-7,9-11H2,1H3,(H,16,19). The molecule has 0 fully saturated rings. The number of hydrogen-bond acceptors (Lipinski definition) is 5. The molecular formula is C15H24N2O5. The van der Waals surface area contributed by atoms with Crippen LogP contribution in [0.5, 0.6) is 0 Å². The monoisotopic (exact) mass is 312 g/mol. The van der Waals surface area contributed by atoms with Gasteiger partial charge in [-0.15, -0.1) is 0 Å². The zero-order valence-electron chi connectivity index (χ0n) is 13.0. The molecular weight excluding hydrogens is 288 g/mol. The summed E-state index contributed by atoms with van der Waals surface area (Å²) < 4.78 is 4.77. The minimum Gasteiger partial charge on any atom is -0.458 e. The lowest BCUT2D eigenvalue weighted by Crippen LogP contribution is -2.47. The third kappa shape index (κ3) is 6.26. The van der Waals surface area contributed by atoms with Crippen LogP contribution in [0.4, 0.5) is 0 Å². The second-order valence-electron chi connectivity index (χ2n) is 5.13. The van der Waals surface area contributed by atoms with Gasteiger partial charge in [-0.2, -0.15) is 0 Å². The van der Waals surface area contributed by atoms with Crippen LogP contribution < -0.4 is 5.43 Å². The Kier molecular flexibility index (Phi) is 8.21. The third-order valence-corrected chi connectivity index (χ3v) is 3.35. The van der Waals surface area contributed by atoms with E-state index in [1.807, 2.05) is 0 Å². The number of carbonyl (C=O) groups excluding carboxylic acids is 3. The molecule has 22 heavy (non-hydrogen) atoms. The van der Waals surface area contributed by atoms with E-state index >= 15 is 0 Å². The SMILES string of the molecule is CCCCCCN(NC(=O)CO)C(=O)CCC1=CCOC1=O. The van der Waals surface area contributed by atoms with Crippen LogP contribution in [-0.4, -0.2) is 47.7 Å². The van der Waals surface area contributed by atoms with Gasteiger partial charge in [0.2, 0.25) is 5.91 Å². The molecule has 0 radical (unpaired) electrons. The highest BCUT2D eigenvalue weighted by atomic mass is 16.5. The molecule has 0 saturated heterocycles. The van der Waals surface area contributed by atoms with Gasteiger partial charge >= 0.3 is 5.97 Å². The lowest BCUT2D eigenvalue weighted by molar-refractivity contribution is -0.142. The third-order valence-electron chi connectivity index (χ3n) is 3.35. The molecule has 124 valence electrons. The molecule has 0 aromatic carbocycles. The van der Waals surface area contributed by atoms with Crippen molar-refractivity contribution in [1.29, 1.82) is 0 Å². The number of cyclic esters (lactones) is 1. The zero-order chi connectivity index (χ0) is 16.4. The van der Waals surface area contributed by atoms with Crippen LogP contribution in [0, 0.1) is 0 Å². The maximum Gasteiger partial charge on any atom is 0.334 e. The van der Waals surface area contributed by atoms with E-state index in [0.29, 0.717) is 12.1 Å². The molecule has 0 bridgehead atoms. The van der Waals surface area contributed by atoms with Crippen molar-refractivity contribution >= 4 is 17.8 Å². The first-order chi connectivity index (χ1) is 10.6. The average molecular weight is 312 g/mol. The first-order valence-electron chi connectivity index (χ1n) is 7.65. The van der Waals surface area contributed by atoms with Gasteiger partial charge < -0.3 is 9.84 Å². The van der Waals surface area contributed by atoms with Crippen molar-refractivity contribution in [2.24, 2.45) is 0 Å². The van der Waals surface area contributed by atoms with Gasteiger partial charge in [0.1, 0.15) is 13.2 Å². The van der Waals surface area contributed by atoms with Gasteiger partial charge in [0, 0.05) is 18.5 Å². The Morgan fingerprint density at radius 2 is 2.14 bits per heavy atom. The number of aliphatic hydroxyl groups excluding tert-OH is 1. The normalized spacial score (nSPS) is 13.5. The molecule has 7 nitrogen and oxygen atoms in total. The van der Waals surface area contributed by atoms with Crippen molar-refractivity contribution in [3.8, 4) is 0 Å². The summed E-state index contributed by atoms with van der Waals surface area (Å²) in [7, 11) is 0. The number of hydrazine groups is 1. The number of nitrogens with zero attached hydrogens (tertiary/aromatic N) is 1. The molecule has 0 aliphatic carbocycles. The smallest absolute Gasteiger partial charge is 0.334 e. The second-order valence-corrected chi connectivity index (χ2v) is 5.13. The summed E-state index contributed by atoms with van der Waals surface area (Å²) in [6.07, 6.45) is 5.94. The van der Waals surface area contributed by atoms with E-state index in [0.717, 1.165) is 25.7 Å². The van der Waals surface area contributed by atoms with Crippen LogP contribution in [-0.2, 0) is 19.1 Å². The van der Waals surface area contributed by atoms with Gasteiger partial charge in [-0.3, -0.25) is 20.0 Å². The summed E-state index contributed by atoms with van der Waals surface area (Å²) in [5.41, 5.74) is 2.88. The molecule has 0 aromatic rings. The fraction of sp³-hybridized carbons (Fsp3) is 0.667. The maximum atomic E-state index is 12.2. The highest BCUT2D eigenvalue weighted by Gasteiger charge is 2.20. The first kappa shape index (κ1) is 18.2. The van der Waals surface area contributed by atoms with Crippen molar-refractivity contribution in [2.45, 2.75) is 45.4 Å². The van der Waals surface area contributed by atoms with Gasteiger partial charge in [0.15, 0.2) is 0 Å². The Morgan fingerprint density at radius 3 is 2.73 bits per heavy atom. The van der Waals surface area contributed by atoms with Crippen LogP contribution in [0.25, 0.3) is 0 Å². The fourth-order valence-electron chi connectivity index (χ4n) is 2.10. The lowest BCUT2D eigenvalue weighted by atomic mass is 10.1. The molecule has 0 aromatic heterocycles. The van der Waals surface area contributed by atoms with Crippen molar-refractivity contribution < 1.29 is 24.2 Å². The van der Waals surface area contributed by atoms with Crippen molar-refractivity contribution in [2.75, 3.05) is 19.8 Å². The molecule has 0 atom stereocenters. The summed E-state index contributed by atoms with van der Waals surface area (Å²) in [6.45, 7) is 2.07. The summed E-state index contributed by atoms with van der Waals surface area (Å²) in [6, 6.07) is 0. The molecule has 1 aliphatic heterocycles. The van der Waals surface area contributed by atoms with Crippen LogP contribution >= 0.6 is 0 Å². The number of esters is 1. The molecule has 0 saturated carbocycles. The van der Waals surface area contributed by atoms with Crippen LogP contribution in [0.15, 0.2) is 11.6 Å². The van der Waals surface area contributed by atoms with Gasteiger partial charge in [-0.05, 0) is 18.9 Å². The molecule has 0 spiro atoms. The van der Waals surface area contributed by atoms with Crippen LogP contribution in [0.2, 0.25) is 0 Å². The Hall–Kier alpha value is -1.89. The van der Waals surface area contributed by atoms with Gasteiger partial charge in [-0.1, -0.05) is 26.2 Å². The summed E-state index contributed by atoms with van der Waals surface area (Å²) in [5.74, 6) is -1.29. The largest absolute Gasteiger partial charge is 0.458 e. The van der Waals surface area contributed by atoms with Gasteiger partial charge in [0.25, 0.3) is 5.91 Å². The molecule has 2 N–H and O–H groups in total. The van der Waals surface area contributed by atoms with E-state index in [9.17, 15) is 14.4 Å². The quantitative estimate of drug-likeness (QED) is 0.371. The van der Waals surface area contributed by atoms with Gasteiger partial charge in [-0.25, -0.2) is 4.79 Å². The molecule has 0 unspecified atom stereocenters. The molecule has 2 amide bonds. The van der Waals surface area contributed by atoms with Crippen molar-refractivity contribution in [1.82, 2.24) is 10.4 Å². The predicted octanol–water partition coefficient (Wildman–Crippen LogP) is 0.682. The van der Waals surface area contributed by atoms with Gasteiger partial charge in [0.05, 0.1) is 0 Å². The number of rotatable bonds is 9. The highest BCUT2D eigenvalue weighted by molar-refractivity contribution is 5.91. The van der Waals surface area contributed by atoms with Crippen molar-refractivity contribution in [3.63, 3.8) is 0 Å². The Morgan fingerprint density at radius 1 is 1.36 bits per heavy atom. The minimum atomic E-state index is -0.670. The van der Waals surface area contributed by atoms with Crippen LogP contribution in [0.1, 0.15) is 45.4 Å². The second kappa shape index (κ2) is 9.94. The van der Waals surface area contributed by atoms with E-state index < -0.39 is 12.5 Å². The van der Waals surface area contributed by atoms with Crippen LogP contribution in [0.3, 0.4) is 0 Å². The fourth-order valence-corrected chi connectivity index (χ4v) is 2.10. The Balaban J connectivity index is 2.46. The average Bonchev–Trinajstić information content (AvgIpc) is 2.92. The summed E-state index contributed by atoms with van der Waals surface area (Å²) in [4.78, 5) is 34.8. The molecule has 1 heterocycles. The Bertz CT molecular complexity index is 434.